The van der Waals surface area contributed by atoms with Crippen LogP contribution in [-0.4, -0.2) is 39.5 Å². The summed E-state index contributed by atoms with van der Waals surface area (Å²) < 4.78 is 69.4. The maximum Gasteiger partial charge on any atom is 0.416 e. The van der Waals surface area contributed by atoms with Crippen LogP contribution in [-0.2, 0) is 30.5 Å². The quantitative estimate of drug-likeness (QED) is 0.576. The van der Waals surface area contributed by atoms with Gasteiger partial charge in [-0.2, -0.15) is 13.2 Å². The molecule has 2 rings (SSSR count). The molecule has 0 heterocycles. The smallest absolute Gasteiger partial charge is 0.416 e. The van der Waals surface area contributed by atoms with Crippen LogP contribution in [0.4, 0.5) is 13.2 Å². The van der Waals surface area contributed by atoms with E-state index in [1.165, 1.54) is 0 Å². The van der Waals surface area contributed by atoms with E-state index in [2.05, 4.69) is 23.9 Å². The van der Waals surface area contributed by atoms with Crippen LogP contribution in [0.1, 0.15) is 45.1 Å². The zero-order valence-corrected chi connectivity index (χ0v) is 18.2. The summed E-state index contributed by atoms with van der Waals surface area (Å²) in [6.45, 7) is 3.34. The molecule has 0 spiro atoms. The second kappa shape index (κ2) is 10.4. The molecule has 1 aromatic rings. The van der Waals surface area contributed by atoms with Crippen LogP contribution in [0.3, 0.4) is 0 Å². The fourth-order valence-corrected chi connectivity index (χ4v) is 4.54. The molecule has 0 bridgehead atoms. The second-order valence-electron chi connectivity index (χ2n) is 7.78. The lowest BCUT2D eigenvalue weighted by Crippen LogP contribution is -2.45. The lowest BCUT2D eigenvalue weighted by molar-refractivity contribution is -0.148. The van der Waals surface area contributed by atoms with E-state index in [1.54, 1.807) is 0 Å². The number of hydrogen-bond acceptors (Lipinski definition) is 5. The summed E-state index contributed by atoms with van der Waals surface area (Å²) in [5.74, 6) is -0.416. The van der Waals surface area contributed by atoms with E-state index >= 15 is 0 Å². The molecule has 1 fully saturated rings. The molecule has 1 aromatic carbocycles. The van der Waals surface area contributed by atoms with Gasteiger partial charge in [0.25, 0.3) is 5.91 Å². The molecule has 11 heteroatoms. The minimum Gasteiger partial charge on any atom is -0.456 e. The molecule has 1 aliphatic rings. The summed E-state index contributed by atoms with van der Waals surface area (Å²) in [6, 6.07) is 3.30. The van der Waals surface area contributed by atoms with E-state index in [0.29, 0.717) is 17.9 Å². The number of benzene rings is 1. The van der Waals surface area contributed by atoms with Gasteiger partial charge in [0.2, 0.25) is 10.0 Å². The first kappa shape index (κ1) is 25.1. The van der Waals surface area contributed by atoms with Crippen molar-refractivity contribution < 1.29 is 35.9 Å². The van der Waals surface area contributed by atoms with Crippen LogP contribution in [0.25, 0.3) is 0 Å². The maximum atomic E-state index is 12.7. The molecule has 0 radical (unpaired) electrons. The lowest BCUT2D eigenvalue weighted by atomic mass is 9.78. The first-order valence-electron chi connectivity index (χ1n) is 10.0. The van der Waals surface area contributed by atoms with Gasteiger partial charge >= 0.3 is 12.1 Å². The Morgan fingerprint density at radius 2 is 1.90 bits per heavy atom. The average molecular weight is 465 g/mol. The zero-order chi connectivity index (χ0) is 23.2. The lowest BCUT2D eigenvalue weighted by Gasteiger charge is -2.34. The van der Waals surface area contributed by atoms with E-state index in [4.69, 9.17) is 4.74 Å². The monoisotopic (exact) mass is 464 g/mol. The van der Waals surface area contributed by atoms with Crippen LogP contribution < -0.4 is 10.0 Å². The largest absolute Gasteiger partial charge is 0.456 e. The number of sulfonamides is 1. The second-order valence-corrected chi connectivity index (χ2v) is 9.54. The number of hydrogen-bond donors (Lipinski definition) is 2. The first-order chi connectivity index (χ1) is 14.4. The number of amides is 1. The van der Waals surface area contributed by atoms with Crippen LogP contribution in [0.15, 0.2) is 29.2 Å². The number of esters is 1. The van der Waals surface area contributed by atoms with Gasteiger partial charge in [-0.25, -0.2) is 13.1 Å². The molecule has 0 aromatic heterocycles. The molecule has 7 nitrogen and oxygen atoms in total. The van der Waals surface area contributed by atoms with Gasteiger partial charge in [0, 0.05) is 12.6 Å². The standard InChI is InChI=1S/C20H27F3N2O5S/c1-13-5-3-8-17(14(13)2)25-18(26)12-30-19(27)9-10-24-31(28,29)16-7-4-6-15(11-16)20(21,22)23/h4,6-7,11,13-14,17,24H,3,5,8-10,12H2,1-2H3,(H,25,26)/t13-,14-,17+/m1/s1. The Labute approximate surface area is 179 Å². The Kier molecular flexibility index (Phi) is 8.47. The van der Waals surface area contributed by atoms with Gasteiger partial charge in [-0.05, 0) is 36.5 Å². The summed E-state index contributed by atoms with van der Waals surface area (Å²) in [5, 5.41) is 2.85. The Morgan fingerprint density at radius 3 is 2.58 bits per heavy atom. The Bertz CT molecular complexity index is 889. The molecule has 31 heavy (non-hydrogen) atoms. The van der Waals surface area contributed by atoms with Crippen molar-refractivity contribution in [1.82, 2.24) is 10.0 Å². The van der Waals surface area contributed by atoms with E-state index in [1.807, 2.05) is 0 Å². The predicted molar refractivity (Wildman–Crippen MR) is 106 cm³/mol. The number of alkyl halides is 3. The molecule has 0 unspecified atom stereocenters. The van der Waals surface area contributed by atoms with Crippen molar-refractivity contribution in [3.05, 3.63) is 29.8 Å². The fourth-order valence-electron chi connectivity index (χ4n) is 3.46. The predicted octanol–water partition coefficient (Wildman–Crippen LogP) is 2.86. The van der Waals surface area contributed by atoms with Gasteiger partial charge < -0.3 is 10.1 Å². The van der Waals surface area contributed by atoms with Crippen molar-refractivity contribution in [1.29, 1.82) is 0 Å². The molecule has 0 aliphatic heterocycles. The highest BCUT2D eigenvalue weighted by molar-refractivity contribution is 7.89. The molecule has 1 amide bonds. The van der Waals surface area contributed by atoms with Crippen LogP contribution in [0.5, 0.6) is 0 Å². The molecular weight excluding hydrogens is 437 g/mol. The Morgan fingerprint density at radius 1 is 1.19 bits per heavy atom. The highest BCUT2D eigenvalue weighted by Crippen LogP contribution is 2.30. The molecule has 1 saturated carbocycles. The van der Waals surface area contributed by atoms with Crippen molar-refractivity contribution in [3.8, 4) is 0 Å². The summed E-state index contributed by atoms with van der Waals surface area (Å²) in [7, 11) is -4.24. The number of halogens is 3. The third-order valence-electron chi connectivity index (χ3n) is 5.51. The molecule has 2 N–H and O–H groups in total. The summed E-state index contributed by atoms with van der Waals surface area (Å²) in [4.78, 5) is 23.2. The van der Waals surface area contributed by atoms with E-state index in [9.17, 15) is 31.2 Å². The normalized spacial score (nSPS) is 22.0. The zero-order valence-electron chi connectivity index (χ0n) is 17.4. The number of nitrogens with one attached hydrogen (secondary N) is 2. The van der Waals surface area contributed by atoms with Crippen LogP contribution in [0.2, 0.25) is 0 Å². The number of carbonyl (C=O) groups is 2. The van der Waals surface area contributed by atoms with Crippen LogP contribution >= 0.6 is 0 Å². The number of rotatable bonds is 8. The summed E-state index contributed by atoms with van der Waals surface area (Å²) in [5.41, 5.74) is -1.09. The van der Waals surface area contributed by atoms with Crippen molar-refractivity contribution in [2.75, 3.05) is 13.2 Å². The van der Waals surface area contributed by atoms with Gasteiger partial charge in [-0.1, -0.05) is 32.8 Å². The van der Waals surface area contributed by atoms with E-state index < -0.39 is 45.1 Å². The number of carbonyl (C=O) groups excluding carboxylic acids is 2. The molecular formula is C20H27F3N2O5S. The van der Waals surface area contributed by atoms with Gasteiger partial charge in [-0.15, -0.1) is 0 Å². The summed E-state index contributed by atoms with van der Waals surface area (Å²) >= 11 is 0. The minimum absolute atomic E-state index is 0.0224. The van der Waals surface area contributed by atoms with E-state index in [-0.39, 0.29) is 19.0 Å². The van der Waals surface area contributed by atoms with Gasteiger partial charge in [-0.3, -0.25) is 9.59 Å². The molecule has 1 aliphatic carbocycles. The molecule has 3 atom stereocenters. The topological polar surface area (TPSA) is 102 Å². The summed E-state index contributed by atoms with van der Waals surface area (Å²) in [6.07, 6.45) is -2.06. The molecule has 174 valence electrons. The van der Waals surface area contributed by atoms with Crippen molar-refractivity contribution in [2.45, 2.75) is 56.6 Å². The van der Waals surface area contributed by atoms with Gasteiger partial charge in [0.1, 0.15) is 0 Å². The third kappa shape index (κ3) is 7.49. The van der Waals surface area contributed by atoms with Crippen molar-refractivity contribution >= 4 is 21.9 Å². The third-order valence-corrected chi connectivity index (χ3v) is 6.97. The van der Waals surface area contributed by atoms with Crippen LogP contribution in [0, 0.1) is 11.8 Å². The van der Waals surface area contributed by atoms with Crippen molar-refractivity contribution in [2.24, 2.45) is 11.8 Å². The molecule has 0 saturated heterocycles. The highest BCUT2D eigenvalue weighted by atomic mass is 32.2. The SMILES string of the molecule is C[C@@H]1[C@H](C)CCC[C@@H]1NC(=O)COC(=O)CCNS(=O)(=O)c1cccc(C(F)(F)F)c1. The van der Waals surface area contributed by atoms with Gasteiger partial charge in [0.15, 0.2) is 6.61 Å². The van der Waals surface area contributed by atoms with E-state index in [0.717, 1.165) is 37.5 Å². The van der Waals surface area contributed by atoms with Gasteiger partial charge in [0.05, 0.1) is 16.9 Å². The van der Waals surface area contributed by atoms with Crippen molar-refractivity contribution in [3.63, 3.8) is 0 Å². The number of ether oxygens (including phenoxy) is 1. The average Bonchev–Trinajstić information content (AvgIpc) is 2.69. The maximum absolute atomic E-state index is 12.7. The minimum atomic E-state index is -4.68. The Hall–Kier alpha value is -2.14. The first-order valence-corrected chi connectivity index (χ1v) is 11.5. The Balaban J connectivity index is 1.77. The fraction of sp³-hybridized carbons (Fsp3) is 0.600. The highest BCUT2D eigenvalue weighted by Gasteiger charge is 2.32.